The summed E-state index contributed by atoms with van der Waals surface area (Å²) in [6.07, 6.45) is -0.576. The van der Waals surface area contributed by atoms with Crippen molar-refractivity contribution in [3.63, 3.8) is 0 Å². The Morgan fingerprint density at radius 1 is 2.00 bits per heavy atom. The lowest BCUT2D eigenvalue weighted by Gasteiger charge is -2.03. The van der Waals surface area contributed by atoms with Crippen LogP contribution in [0.3, 0.4) is 0 Å². The summed E-state index contributed by atoms with van der Waals surface area (Å²) in [5.74, 6) is 0. The minimum Gasteiger partial charge on any atom is -0.453 e. The van der Waals surface area contributed by atoms with E-state index in [1.807, 2.05) is 0 Å². The van der Waals surface area contributed by atoms with Crippen LogP contribution in [0.15, 0.2) is 0 Å². The summed E-state index contributed by atoms with van der Waals surface area (Å²) >= 11 is 3.66. The van der Waals surface area contributed by atoms with Crippen molar-refractivity contribution in [2.45, 2.75) is 5.50 Å². The molecule has 0 rings (SSSR count). The molecule has 0 aliphatic heterocycles. The van der Waals surface area contributed by atoms with Crippen LogP contribution in [-0.4, -0.2) is 18.7 Å². The normalized spacial score (nSPS) is 12.4. The monoisotopic (exact) mass is 136 g/mol. The predicted octanol–water partition coefficient (Wildman–Crippen LogP) is -0.485. The van der Waals surface area contributed by atoms with Gasteiger partial charge in [0, 0.05) is 0 Å². The molecule has 0 radical (unpaired) electrons. The molecule has 1 amide bonds. The third kappa shape index (κ3) is 3.76. The number of alkyl carbamates (subject to hydrolysis) is 1. The van der Waals surface area contributed by atoms with Crippen molar-refractivity contribution in [1.29, 1.82) is 0 Å². The molecule has 0 saturated heterocycles. The Labute approximate surface area is 52.8 Å². The molecule has 4 nitrogen and oxygen atoms in total. The van der Waals surface area contributed by atoms with E-state index in [0.29, 0.717) is 0 Å². The topological polar surface area (TPSA) is 64.3 Å². The number of methoxy groups -OCH3 is 1. The van der Waals surface area contributed by atoms with Gasteiger partial charge in [-0.25, -0.2) is 4.79 Å². The minimum atomic E-state index is -0.651. The van der Waals surface area contributed by atoms with Crippen LogP contribution in [0.25, 0.3) is 0 Å². The summed E-state index contributed by atoms with van der Waals surface area (Å²) in [7, 11) is 1.26. The highest BCUT2D eigenvalue weighted by Crippen LogP contribution is 1.77. The average molecular weight is 136 g/mol. The summed E-state index contributed by atoms with van der Waals surface area (Å²) in [5, 5.41) is 2.17. The molecule has 0 saturated carbocycles. The number of amides is 1. The maximum absolute atomic E-state index is 10.2. The van der Waals surface area contributed by atoms with Crippen molar-refractivity contribution in [2.24, 2.45) is 5.73 Å². The molecule has 0 aromatic heterocycles. The predicted molar refractivity (Wildman–Crippen MR) is 32.5 cm³/mol. The van der Waals surface area contributed by atoms with Crippen molar-refractivity contribution >= 4 is 18.7 Å². The van der Waals surface area contributed by atoms with Crippen LogP contribution in [0.1, 0.15) is 0 Å². The standard InChI is InChI=1S/C3H8N2O2S/c1-7-3(6)5-2(4)8/h2,8H,4H2,1H3,(H,5,6). The van der Waals surface area contributed by atoms with Gasteiger partial charge in [-0.3, -0.25) is 5.32 Å². The smallest absolute Gasteiger partial charge is 0.408 e. The van der Waals surface area contributed by atoms with E-state index in [1.165, 1.54) is 7.11 Å². The zero-order chi connectivity index (χ0) is 6.57. The molecule has 0 fully saturated rings. The molecule has 48 valence electrons. The lowest BCUT2D eigenvalue weighted by atomic mass is 11.0. The third-order valence-electron chi connectivity index (χ3n) is 0.451. The summed E-state index contributed by atoms with van der Waals surface area (Å²) in [6, 6.07) is 0. The van der Waals surface area contributed by atoms with Crippen molar-refractivity contribution in [2.75, 3.05) is 7.11 Å². The number of hydrogen-bond donors (Lipinski definition) is 3. The number of ether oxygens (including phenoxy) is 1. The first kappa shape index (κ1) is 7.58. The summed E-state index contributed by atoms with van der Waals surface area (Å²) in [6.45, 7) is 0. The summed E-state index contributed by atoms with van der Waals surface area (Å²) in [5.41, 5.74) is 4.37. The second kappa shape index (κ2) is 3.57. The van der Waals surface area contributed by atoms with Crippen LogP contribution >= 0.6 is 12.6 Å². The molecule has 5 heteroatoms. The average Bonchev–Trinajstić information content (AvgIpc) is 1.65. The number of carbonyl (C=O) groups excluding carboxylic acids is 1. The van der Waals surface area contributed by atoms with E-state index in [4.69, 9.17) is 5.73 Å². The van der Waals surface area contributed by atoms with Gasteiger partial charge in [0.1, 0.15) is 5.50 Å². The van der Waals surface area contributed by atoms with Gasteiger partial charge in [-0.2, -0.15) is 0 Å². The van der Waals surface area contributed by atoms with E-state index in [-0.39, 0.29) is 0 Å². The zero-order valence-electron chi connectivity index (χ0n) is 4.42. The van der Waals surface area contributed by atoms with Gasteiger partial charge in [0.25, 0.3) is 0 Å². The second-order valence-corrected chi connectivity index (χ2v) is 1.64. The minimum absolute atomic E-state index is 0.576. The van der Waals surface area contributed by atoms with Gasteiger partial charge in [0.15, 0.2) is 0 Å². The van der Waals surface area contributed by atoms with Gasteiger partial charge in [0.2, 0.25) is 0 Å². The van der Waals surface area contributed by atoms with Gasteiger partial charge in [-0.1, -0.05) is 0 Å². The fourth-order valence-corrected chi connectivity index (χ4v) is 0.285. The first-order valence-electron chi connectivity index (χ1n) is 1.95. The second-order valence-electron chi connectivity index (χ2n) is 1.08. The maximum Gasteiger partial charge on any atom is 0.408 e. The Morgan fingerprint density at radius 3 is 2.62 bits per heavy atom. The Morgan fingerprint density at radius 2 is 2.50 bits per heavy atom. The number of nitrogens with two attached hydrogens (primary N) is 1. The lowest BCUT2D eigenvalue weighted by molar-refractivity contribution is 0.170. The van der Waals surface area contributed by atoms with E-state index in [2.05, 4.69) is 22.7 Å². The highest BCUT2D eigenvalue weighted by molar-refractivity contribution is 7.80. The number of thiol groups is 1. The number of rotatable bonds is 1. The molecule has 1 atom stereocenters. The first-order valence-corrected chi connectivity index (χ1v) is 2.46. The third-order valence-corrected chi connectivity index (χ3v) is 0.580. The van der Waals surface area contributed by atoms with Gasteiger partial charge in [-0.05, 0) is 0 Å². The Hall–Kier alpha value is -0.420. The van der Waals surface area contributed by atoms with Crippen LogP contribution in [0.4, 0.5) is 4.79 Å². The zero-order valence-corrected chi connectivity index (χ0v) is 5.31. The Bertz CT molecular complexity index is 85.4. The number of carbonyl (C=O) groups is 1. The molecular weight excluding hydrogens is 128 g/mol. The summed E-state index contributed by atoms with van der Waals surface area (Å²) < 4.78 is 4.18. The molecule has 0 aliphatic rings. The van der Waals surface area contributed by atoms with E-state index in [9.17, 15) is 4.79 Å². The molecule has 1 unspecified atom stereocenters. The SMILES string of the molecule is COC(=O)NC(N)S. The fraction of sp³-hybridized carbons (Fsp3) is 0.667. The highest BCUT2D eigenvalue weighted by atomic mass is 32.1. The molecular formula is C3H8N2O2S. The van der Waals surface area contributed by atoms with Crippen molar-refractivity contribution in [1.82, 2.24) is 5.32 Å². The first-order chi connectivity index (χ1) is 3.66. The summed E-state index contributed by atoms with van der Waals surface area (Å²) in [4.78, 5) is 10.2. The largest absolute Gasteiger partial charge is 0.453 e. The molecule has 8 heavy (non-hydrogen) atoms. The molecule has 0 bridgehead atoms. The lowest BCUT2D eigenvalue weighted by Crippen LogP contribution is -2.36. The van der Waals surface area contributed by atoms with Gasteiger partial charge >= 0.3 is 6.09 Å². The molecule has 0 aromatic rings. The van der Waals surface area contributed by atoms with E-state index < -0.39 is 11.6 Å². The molecule has 0 aromatic carbocycles. The van der Waals surface area contributed by atoms with Crippen molar-refractivity contribution in [3.8, 4) is 0 Å². The Kier molecular flexibility index (Phi) is 3.38. The number of nitrogens with one attached hydrogen (secondary N) is 1. The Balaban J connectivity index is 3.25. The van der Waals surface area contributed by atoms with Crippen LogP contribution < -0.4 is 11.1 Å². The van der Waals surface area contributed by atoms with Crippen molar-refractivity contribution < 1.29 is 9.53 Å². The molecule has 0 aliphatic carbocycles. The van der Waals surface area contributed by atoms with Gasteiger partial charge in [0.05, 0.1) is 7.11 Å². The molecule has 0 heterocycles. The van der Waals surface area contributed by atoms with Crippen LogP contribution in [-0.2, 0) is 4.74 Å². The molecule has 3 N–H and O–H groups in total. The van der Waals surface area contributed by atoms with Crippen molar-refractivity contribution in [3.05, 3.63) is 0 Å². The highest BCUT2D eigenvalue weighted by Gasteiger charge is 1.98. The fourth-order valence-electron chi connectivity index (χ4n) is 0.180. The maximum atomic E-state index is 10.2. The van der Waals surface area contributed by atoms with Gasteiger partial charge in [-0.15, -0.1) is 12.6 Å². The van der Waals surface area contributed by atoms with E-state index in [0.717, 1.165) is 0 Å². The van der Waals surface area contributed by atoms with Crippen LogP contribution in [0.2, 0.25) is 0 Å². The quantitative estimate of drug-likeness (QED) is 0.337. The van der Waals surface area contributed by atoms with E-state index in [1.54, 1.807) is 0 Å². The van der Waals surface area contributed by atoms with Crippen LogP contribution in [0, 0.1) is 0 Å². The number of hydrogen-bond acceptors (Lipinski definition) is 4. The van der Waals surface area contributed by atoms with E-state index >= 15 is 0 Å². The molecule has 0 spiro atoms. The van der Waals surface area contributed by atoms with Gasteiger partial charge < -0.3 is 10.5 Å². The van der Waals surface area contributed by atoms with Crippen LogP contribution in [0.5, 0.6) is 0 Å².